The topological polar surface area (TPSA) is 51.2 Å². The molecule has 1 aromatic heterocycles. The maximum Gasteiger partial charge on any atom is 0.178 e. The Hall–Kier alpha value is -0.880. The zero-order valence-corrected chi connectivity index (χ0v) is 14.0. The van der Waals surface area contributed by atoms with Gasteiger partial charge in [0.1, 0.15) is 0 Å². The molecule has 0 fully saturated rings. The van der Waals surface area contributed by atoms with Crippen molar-refractivity contribution in [2.24, 2.45) is 0 Å². The Kier molecular flexibility index (Phi) is 5.43. The van der Waals surface area contributed by atoms with Gasteiger partial charge in [0.2, 0.25) is 0 Å². The van der Waals surface area contributed by atoms with Gasteiger partial charge in [-0.25, -0.2) is 8.42 Å². The van der Waals surface area contributed by atoms with Gasteiger partial charge in [-0.1, -0.05) is 29.3 Å². The number of hydrogen-bond donors (Lipinski definition) is 0. The molecule has 0 aliphatic rings. The van der Waals surface area contributed by atoms with Crippen molar-refractivity contribution in [3.8, 4) is 0 Å². The molecule has 112 valence electrons. The third-order valence-corrected chi connectivity index (χ3v) is 6.31. The summed E-state index contributed by atoms with van der Waals surface area (Å²) in [6.45, 7) is 0. The minimum Gasteiger partial charge on any atom is -0.293 e. The van der Waals surface area contributed by atoms with Gasteiger partial charge in [0.25, 0.3) is 0 Å². The molecule has 2 aromatic rings. The third kappa shape index (κ3) is 4.30. The molecule has 1 aromatic carbocycles. The number of hydrogen-bond acceptors (Lipinski definition) is 4. The van der Waals surface area contributed by atoms with Crippen LogP contribution in [0.2, 0.25) is 10.0 Å². The lowest BCUT2D eigenvalue weighted by Gasteiger charge is -2.05. The van der Waals surface area contributed by atoms with Gasteiger partial charge in [0, 0.05) is 6.42 Å². The van der Waals surface area contributed by atoms with Gasteiger partial charge in [0.15, 0.2) is 15.6 Å². The highest BCUT2D eigenvalue weighted by Gasteiger charge is 2.17. The Bertz CT molecular complexity index is 738. The maximum atomic E-state index is 12.2. The Labute approximate surface area is 137 Å². The van der Waals surface area contributed by atoms with Crippen LogP contribution in [0.4, 0.5) is 0 Å². The number of carbonyl (C=O) groups excluding carboxylic acids is 1. The fourth-order valence-electron chi connectivity index (χ4n) is 1.77. The SMILES string of the molecule is O=C(CCCS(=O)(=O)c1ccc(Cl)c(Cl)c1)c1cccs1. The predicted octanol–water partition coefficient (Wildman–Crippen LogP) is 4.49. The summed E-state index contributed by atoms with van der Waals surface area (Å²) >= 11 is 12.9. The normalized spacial score (nSPS) is 11.5. The van der Waals surface area contributed by atoms with Gasteiger partial charge in [-0.15, -0.1) is 11.3 Å². The van der Waals surface area contributed by atoms with E-state index in [1.807, 2.05) is 5.38 Å². The first-order valence-corrected chi connectivity index (χ1v) is 9.43. The Morgan fingerprint density at radius 2 is 1.90 bits per heavy atom. The van der Waals surface area contributed by atoms with Crippen LogP contribution in [-0.2, 0) is 9.84 Å². The van der Waals surface area contributed by atoms with Crippen LogP contribution in [0.1, 0.15) is 22.5 Å². The number of rotatable bonds is 6. The standard InChI is InChI=1S/C14H12Cl2O3S2/c15-11-6-5-10(9-12(11)16)21(18,19)8-2-3-13(17)14-4-1-7-20-14/h1,4-7,9H,2-3,8H2. The van der Waals surface area contributed by atoms with E-state index in [-0.39, 0.29) is 34.3 Å². The molecule has 2 rings (SSSR count). The molecule has 0 amide bonds. The van der Waals surface area contributed by atoms with E-state index in [1.54, 1.807) is 12.1 Å². The highest BCUT2D eigenvalue weighted by Crippen LogP contribution is 2.25. The fourth-order valence-corrected chi connectivity index (χ4v) is 4.16. The summed E-state index contributed by atoms with van der Waals surface area (Å²) in [5.74, 6) is -0.128. The molecule has 7 heteroatoms. The van der Waals surface area contributed by atoms with Crippen molar-refractivity contribution in [1.82, 2.24) is 0 Å². The largest absolute Gasteiger partial charge is 0.293 e. The summed E-state index contributed by atoms with van der Waals surface area (Å²) in [6.07, 6.45) is 0.486. The minimum atomic E-state index is -3.46. The average Bonchev–Trinajstić information content (AvgIpc) is 2.95. The van der Waals surface area contributed by atoms with Crippen LogP contribution in [0.25, 0.3) is 0 Å². The zero-order valence-electron chi connectivity index (χ0n) is 10.9. The van der Waals surface area contributed by atoms with E-state index in [2.05, 4.69) is 0 Å². The molecule has 1 heterocycles. The molecular formula is C14H12Cl2O3S2. The van der Waals surface area contributed by atoms with Crippen molar-refractivity contribution < 1.29 is 13.2 Å². The van der Waals surface area contributed by atoms with E-state index in [1.165, 1.54) is 29.5 Å². The summed E-state index contributed by atoms with van der Waals surface area (Å²) in [6, 6.07) is 7.74. The number of ketones is 1. The lowest BCUT2D eigenvalue weighted by molar-refractivity contribution is 0.0986. The van der Waals surface area contributed by atoms with Gasteiger partial charge in [-0.3, -0.25) is 4.79 Å². The molecule has 3 nitrogen and oxygen atoms in total. The highest BCUT2D eigenvalue weighted by molar-refractivity contribution is 7.91. The van der Waals surface area contributed by atoms with Crippen molar-refractivity contribution >= 4 is 50.2 Å². The second kappa shape index (κ2) is 6.92. The van der Waals surface area contributed by atoms with Gasteiger partial charge >= 0.3 is 0 Å². The summed E-state index contributed by atoms with van der Waals surface area (Å²) in [5, 5.41) is 2.33. The van der Waals surface area contributed by atoms with Crippen LogP contribution < -0.4 is 0 Å². The fraction of sp³-hybridized carbons (Fsp3) is 0.214. The van der Waals surface area contributed by atoms with E-state index in [0.717, 1.165) is 0 Å². The smallest absolute Gasteiger partial charge is 0.178 e. The molecule has 0 aliphatic heterocycles. The lowest BCUT2D eigenvalue weighted by atomic mass is 10.2. The van der Waals surface area contributed by atoms with Crippen LogP contribution in [0, 0.1) is 0 Å². The minimum absolute atomic E-state index is 0.0330. The van der Waals surface area contributed by atoms with Crippen molar-refractivity contribution in [1.29, 1.82) is 0 Å². The number of carbonyl (C=O) groups is 1. The van der Waals surface area contributed by atoms with E-state index in [4.69, 9.17) is 23.2 Å². The van der Waals surface area contributed by atoms with E-state index in [0.29, 0.717) is 9.90 Å². The maximum absolute atomic E-state index is 12.2. The molecule has 0 unspecified atom stereocenters. The zero-order chi connectivity index (χ0) is 15.5. The monoisotopic (exact) mass is 362 g/mol. The Morgan fingerprint density at radius 1 is 1.14 bits per heavy atom. The summed E-state index contributed by atoms with van der Waals surface area (Å²) < 4.78 is 24.3. The van der Waals surface area contributed by atoms with E-state index < -0.39 is 9.84 Å². The van der Waals surface area contributed by atoms with Crippen LogP contribution in [0.15, 0.2) is 40.6 Å². The highest BCUT2D eigenvalue weighted by atomic mass is 35.5. The molecule has 0 N–H and O–H groups in total. The van der Waals surface area contributed by atoms with Gasteiger partial charge in [0.05, 0.1) is 25.6 Å². The molecule has 21 heavy (non-hydrogen) atoms. The molecule has 0 saturated carbocycles. The van der Waals surface area contributed by atoms with E-state index >= 15 is 0 Å². The number of halogens is 2. The summed E-state index contributed by atoms with van der Waals surface area (Å²) in [7, 11) is -3.46. The van der Waals surface area contributed by atoms with Crippen molar-refractivity contribution in [3.63, 3.8) is 0 Å². The molecule has 0 radical (unpaired) electrons. The van der Waals surface area contributed by atoms with E-state index in [9.17, 15) is 13.2 Å². The third-order valence-electron chi connectivity index (χ3n) is 2.86. The molecule has 0 aliphatic carbocycles. The predicted molar refractivity (Wildman–Crippen MR) is 86.4 cm³/mol. The number of sulfone groups is 1. The van der Waals surface area contributed by atoms with Crippen molar-refractivity contribution in [2.75, 3.05) is 5.75 Å². The molecule has 0 saturated heterocycles. The summed E-state index contributed by atoms with van der Waals surface area (Å²) in [5.41, 5.74) is 0. The summed E-state index contributed by atoms with van der Waals surface area (Å²) in [4.78, 5) is 12.6. The number of benzene rings is 1. The van der Waals surface area contributed by atoms with Crippen LogP contribution >= 0.6 is 34.5 Å². The molecule has 0 bridgehead atoms. The Balaban J connectivity index is 1.98. The number of thiophene rings is 1. The van der Waals surface area contributed by atoms with Crippen LogP contribution in [0.3, 0.4) is 0 Å². The second-order valence-electron chi connectivity index (χ2n) is 4.40. The first-order chi connectivity index (χ1) is 9.90. The lowest BCUT2D eigenvalue weighted by Crippen LogP contribution is -2.09. The molecule has 0 spiro atoms. The Morgan fingerprint density at radius 3 is 2.52 bits per heavy atom. The first-order valence-electron chi connectivity index (χ1n) is 6.14. The second-order valence-corrected chi connectivity index (χ2v) is 8.27. The van der Waals surface area contributed by atoms with Crippen molar-refractivity contribution in [2.45, 2.75) is 17.7 Å². The average molecular weight is 363 g/mol. The quantitative estimate of drug-likeness (QED) is 0.711. The molecule has 0 atom stereocenters. The number of Topliss-reactive ketones (excluding diaryl/α,β-unsaturated/α-hetero) is 1. The molecular weight excluding hydrogens is 351 g/mol. The van der Waals surface area contributed by atoms with Crippen molar-refractivity contribution in [3.05, 3.63) is 50.6 Å². The van der Waals surface area contributed by atoms with Gasteiger partial charge in [-0.05, 0) is 36.1 Å². The first kappa shape index (κ1) is 16.5. The van der Waals surface area contributed by atoms with Crippen LogP contribution in [-0.4, -0.2) is 20.0 Å². The van der Waals surface area contributed by atoms with Gasteiger partial charge in [-0.2, -0.15) is 0 Å². The van der Waals surface area contributed by atoms with Crippen LogP contribution in [0.5, 0.6) is 0 Å². The van der Waals surface area contributed by atoms with Gasteiger partial charge < -0.3 is 0 Å².